The first-order valence-corrected chi connectivity index (χ1v) is 9.49. The second-order valence-electron chi connectivity index (χ2n) is 8.02. The molecule has 0 saturated carbocycles. The number of alkyl halides is 3. The summed E-state index contributed by atoms with van der Waals surface area (Å²) in [4.78, 5) is 19.6. The van der Waals surface area contributed by atoms with Gasteiger partial charge in [0.1, 0.15) is 0 Å². The van der Waals surface area contributed by atoms with E-state index in [0.29, 0.717) is 32.7 Å². The number of hydrogen-bond acceptors (Lipinski definition) is 3. The number of halogens is 4. The van der Waals surface area contributed by atoms with Crippen LogP contribution in [-0.2, 0) is 4.79 Å². The molecule has 166 valence electrons. The van der Waals surface area contributed by atoms with Crippen LogP contribution >= 0.6 is 24.0 Å². The highest BCUT2D eigenvalue weighted by Crippen LogP contribution is 2.21. The number of carbonyl (C=O) groups excluding carboxylic acids is 1. The summed E-state index contributed by atoms with van der Waals surface area (Å²) in [5.41, 5.74) is -0.425. The normalized spacial score (nSPS) is 18.2. The van der Waals surface area contributed by atoms with Crippen LogP contribution in [0.2, 0.25) is 0 Å². The van der Waals surface area contributed by atoms with E-state index in [1.807, 2.05) is 20.8 Å². The molecule has 10 heteroatoms. The van der Waals surface area contributed by atoms with Crippen molar-refractivity contribution in [2.45, 2.75) is 40.3 Å². The van der Waals surface area contributed by atoms with Crippen LogP contribution in [0.3, 0.4) is 0 Å². The second kappa shape index (κ2) is 12.0. The van der Waals surface area contributed by atoms with Gasteiger partial charge >= 0.3 is 6.18 Å². The third-order valence-corrected chi connectivity index (χ3v) is 4.54. The van der Waals surface area contributed by atoms with Crippen LogP contribution < -0.4 is 10.6 Å². The predicted molar refractivity (Wildman–Crippen MR) is 117 cm³/mol. The molecule has 1 saturated heterocycles. The van der Waals surface area contributed by atoms with Gasteiger partial charge in [0.15, 0.2) is 5.96 Å². The average molecular weight is 521 g/mol. The molecule has 1 unspecified atom stereocenters. The molecule has 0 aromatic carbocycles. The molecule has 1 fully saturated rings. The van der Waals surface area contributed by atoms with Crippen LogP contribution in [0.15, 0.2) is 4.99 Å². The van der Waals surface area contributed by atoms with Crippen molar-refractivity contribution in [3.05, 3.63) is 0 Å². The number of carbonyl (C=O) groups is 1. The first kappa shape index (κ1) is 27.2. The molecule has 0 bridgehead atoms. The monoisotopic (exact) mass is 521 g/mol. The predicted octanol–water partition coefficient (Wildman–Crippen LogP) is 2.55. The second-order valence-corrected chi connectivity index (χ2v) is 8.02. The van der Waals surface area contributed by atoms with Crippen molar-refractivity contribution >= 4 is 35.8 Å². The van der Waals surface area contributed by atoms with Gasteiger partial charge in [-0.05, 0) is 18.9 Å². The summed E-state index contributed by atoms with van der Waals surface area (Å²) < 4.78 is 37.9. The quantitative estimate of drug-likeness (QED) is 0.234. The molecule has 6 nitrogen and oxygen atoms in total. The van der Waals surface area contributed by atoms with Gasteiger partial charge in [0.05, 0.1) is 6.54 Å². The Bertz CT molecular complexity index is 508. The lowest BCUT2D eigenvalue weighted by Crippen LogP contribution is -2.45. The molecule has 28 heavy (non-hydrogen) atoms. The Hall–Kier alpha value is -0.780. The van der Waals surface area contributed by atoms with Gasteiger partial charge in [-0.3, -0.25) is 14.7 Å². The average Bonchev–Trinajstić information content (AvgIpc) is 3.00. The number of nitrogens with one attached hydrogen (secondary N) is 2. The molecular weight excluding hydrogens is 486 g/mol. The summed E-state index contributed by atoms with van der Waals surface area (Å²) in [5, 5.41) is 6.08. The molecule has 0 aliphatic carbocycles. The topological polar surface area (TPSA) is 60.0 Å². The van der Waals surface area contributed by atoms with E-state index in [0.717, 1.165) is 18.9 Å². The van der Waals surface area contributed by atoms with Gasteiger partial charge in [0.25, 0.3) is 0 Å². The van der Waals surface area contributed by atoms with Gasteiger partial charge < -0.3 is 15.5 Å². The number of guanidine groups is 1. The molecule has 1 amide bonds. The number of hydrogen-bond donors (Lipinski definition) is 2. The number of amides is 1. The molecule has 1 heterocycles. The van der Waals surface area contributed by atoms with E-state index in [9.17, 15) is 18.0 Å². The van der Waals surface area contributed by atoms with Gasteiger partial charge in [0, 0.05) is 45.2 Å². The zero-order valence-corrected chi connectivity index (χ0v) is 19.9. The van der Waals surface area contributed by atoms with Crippen molar-refractivity contribution in [1.29, 1.82) is 0 Å². The highest BCUT2D eigenvalue weighted by molar-refractivity contribution is 14.0. The first-order valence-electron chi connectivity index (χ1n) is 9.49. The third-order valence-electron chi connectivity index (χ3n) is 4.54. The summed E-state index contributed by atoms with van der Waals surface area (Å²) in [6, 6.07) is 0. The maximum Gasteiger partial charge on any atom is 0.401 e. The van der Waals surface area contributed by atoms with Gasteiger partial charge in [0.2, 0.25) is 5.91 Å². The largest absolute Gasteiger partial charge is 0.401 e. The van der Waals surface area contributed by atoms with E-state index >= 15 is 0 Å². The van der Waals surface area contributed by atoms with E-state index in [2.05, 4.69) is 20.5 Å². The minimum Gasteiger partial charge on any atom is -0.354 e. The standard InChI is InChI=1S/C18H34F3N5O.HI/c1-6-25(13-18(19,20)21)11-14-7-10-26(12-14)16(22-5)24-9-8-23-15(27)17(2,3)4;/h14H,6-13H2,1-5H3,(H,22,24)(H,23,27);1H. The Morgan fingerprint density at radius 2 is 1.82 bits per heavy atom. The van der Waals surface area contributed by atoms with Crippen LogP contribution in [-0.4, -0.2) is 80.7 Å². The summed E-state index contributed by atoms with van der Waals surface area (Å²) in [6.45, 7) is 9.77. The summed E-state index contributed by atoms with van der Waals surface area (Å²) in [6.07, 6.45) is -3.32. The van der Waals surface area contributed by atoms with E-state index in [-0.39, 0.29) is 35.8 Å². The maximum absolute atomic E-state index is 12.6. The van der Waals surface area contributed by atoms with E-state index in [4.69, 9.17) is 0 Å². The number of rotatable bonds is 7. The molecule has 0 aromatic heterocycles. The SMILES string of the molecule is CCN(CC1CCN(C(=NC)NCCNC(=O)C(C)(C)C)C1)CC(F)(F)F.I. The zero-order valence-electron chi connectivity index (χ0n) is 17.5. The minimum absolute atomic E-state index is 0. The first-order chi connectivity index (χ1) is 12.5. The smallest absolute Gasteiger partial charge is 0.354 e. The molecule has 1 atom stereocenters. The Kier molecular flexibility index (Phi) is 11.7. The fourth-order valence-corrected chi connectivity index (χ4v) is 3.05. The van der Waals surface area contributed by atoms with Crippen molar-refractivity contribution in [2.24, 2.45) is 16.3 Å². The number of aliphatic imine (C=N–C) groups is 1. The van der Waals surface area contributed by atoms with Crippen molar-refractivity contribution in [1.82, 2.24) is 20.4 Å². The Morgan fingerprint density at radius 1 is 1.21 bits per heavy atom. The van der Waals surface area contributed by atoms with E-state index in [1.165, 1.54) is 4.90 Å². The summed E-state index contributed by atoms with van der Waals surface area (Å²) in [7, 11) is 1.69. The summed E-state index contributed by atoms with van der Waals surface area (Å²) >= 11 is 0. The van der Waals surface area contributed by atoms with Gasteiger partial charge in [-0.15, -0.1) is 24.0 Å². The van der Waals surface area contributed by atoms with Crippen LogP contribution in [0.1, 0.15) is 34.1 Å². The van der Waals surface area contributed by atoms with Crippen molar-refractivity contribution in [3.63, 3.8) is 0 Å². The van der Waals surface area contributed by atoms with Gasteiger partial charge in [-0.25, -0.2) is 0 Å². The summed E-state index contributed by atoms with van der Waals surface area (Å²) in [5.74, 6) is 0.901. The van der Waals surface area contributed by atoms with E-state index < -0.39 is 18.1 Å². The molecule has 0 aromatic rings. The Labute approximate surface area is 183 Å². The molecule has 0 spiro atoms. The molecule has 1 rings (SSSR count). The fraction of sp³-hybridized carbons (Fsp3) is 0.889. The lowest BCUT2D eigenvalue weighted by molar-refractivity contribution is -0.146. The third kappa shape index (κ3) is 10.1. The Balaban J connectivity index is 0.00000729. The Morgan fingerprint density at radius 3 is 2.32 bits per heavy atom. The molecule has 1 aliphatic rings. The lowest BCUT2D eigenvalue weighted by atomic mass is 9.96. The lowest BCUT2D eigenvalue weighted by Gasteiger charge is -2.26. The highest BCUT2D eigenvalue weighted by Gasteiger charge is 2.33. The van der Waals surface area contributed by atoms with Crippen molar-refractivity contribution in [3.8, 4) is 0 Å². The molecule has 1 aliphatic heterocycles. The van der Waals surface area contributed by atoms with E-state index in [1.54, 1.807) is 14.0 Å². The van der Waals surface area contributed by atoms with Crippen molar-refractivity contribution in [2.75, 3.05) is 52.9 Å². The number of likely N-dealkylation sites (tertiary alicyclic amines) is 1. The zero-order chi connectivity index (χ0) is 20.7. The van der Waals surface area contributed by atoms with Crippen LogP contribution in [0.4, 0.5) is 13.2 Å². The minimum atomic E-state index is -4.16. The highest BCUT2D eigenvalue weighted by atomic mass is 127. The fourth-order valence-electron chi connectivity index (χ4n) is 3.05. The maximum atomic E-state index is 12.6. The van der Waals surface area contributed by atoms with Crippen LogP contribution in [0, 0.1) is 11.3 Å². The molecule has 2 N–H and O–H groups in total. The van der Waals surface area contributed by atoms with Gasteiger partial charge in [-0.2, -0.15) is 13.2 Å². The van der Waals surface area contributed by atoms with Crippen LogP contribution in [0.25, 0.3) is 0 Å². The van der Waals surface area contributed by atoms with Crippen LogP contribution in [0.5, 0.6) is 0 Å². The van der Waals surface area contributed by atoms with Crippen molar-refractivity contribution < 1.29 is 18.0 Å². The number of nitrogens with zero attached hydrogens (tertiary/aromatic N) is 3. The molecule has 0 radical (unpaired) electrons. The van der Waals surface area contributed by atoms with Gasteiger partial charge in [-0.1, -0.05) is 27.7 Å². The molecular formula is C18H35F3IN5O.